The number of hydrogen-bond donors (Lipinski definition) is 1. The number of carbonyl (C=O) groups excluding carboxylic acids is 1. The van der Waals surface area contributed by atoms with Gasteiger partial charge in [0.25, 0.3) is 0 Å². The van der Waals surface area contributed by atoms with Crippen LogP contribution in [0.15, 0.2) is 29.3 Å². The summed E-state index contributed by atoms with van der Waals surface area (Å²) in [5, 5.41) is 13.3. The highest BCUT2D eigenvalue weighted by molar-refractivity contribution is 8.00. The average Bonchev–Trinajstić information content (AvgIpc) is 2.64. The molecule has 0 radical (unpaired) electrons. The van der Waals surface area contributed by atoms with Gasteiger partial charge in [0.15, 0.2) is 0 Å². The second kappa shape index (κ2) is 8.33. The zero-order chi connectivity index (χ0) is 19.6. The highest BCUT2D eigenvalue weighted by atomic mass is 35.5. The molecule has 27 heavy (non-hydrogen) atoms. The Morgan fingerprint density at radius 3 is 2.93 bits per heavy atom. The summed E-state index contributed by atoms with van der Waals surface area (Å²) in [4.78, 5) is 17.3. The highest BCUT2D eigenvalue weighted by Gasteiger charge is 2.22. The lowest BCUT2D eigenvalue weighted by Crippen LogP contribution is -2.23. The van der Waals surface area contributed by atoms with E-state index < -0.39 is 0 Å². The van der Waals surface area contributed by atoms with Crippen LogP contribution < -0.4 is 5.32 Å². The molecule has 2 unspecified atom stereocenters. The molecule has 6 heteroatoms. The highest BCUT2D eigenvalue weighted by Crippen LogP contribution is 2.31. The number of nitriles is 1. The summed E-state index contributed by atoms with van der Waals surface area (Å²) in [5.74, 6) is 0.479. The van der Waals surface area contributed by atoms with E-state index in [9.17, 15) is 10.1 Å². The molecule has 1 aliphatic carbocycles. The molecule has 140 valence electrons. The van der Waals surface area contributed by atoms with Crippen molar-refractivity contribution in [1.29, 1.82) is 5.26 Å². The van der Waals surface area contributed by atoms with Gasteiger partial charge in [0.2, 0.25) is 5.91 Å². The van der Waals surface area contributed by atoms with Crippen LogP contribution in [0.4, 0.5) is 5.69 Å². The van der Waals surface area contributed by atoms with Gasteiger partial charge in [-0.25, -0.2) is 4.98 Å². The van der Waals surface area contributed by atoms with Crippen molar-refractivity contribution in [3.8, 4) is 6.07 Å². The van der Waals surface area contributed by atoms with Gasteiger partial charge >= 0.3 is 0 Å². The number of benzene rings is 1. The Hall–Kier alpha value is -2.03. The Bertz CT molecular complexity index is 922. The molecule has 0 fully saturated rings. The summed E-state index contributed by atoms with van der Waals surface area (Å²) in [7, 11) is 0. The lowest BCUT2D eigenvalue weighted by atomic mass is 9.87. The molecule has 0 bridgehead atoms. The van der Waals surface area contributed by atoms with Gasteiger partial charge in [-0.15, -0.1) is 0 Å². The number of rotatable bonds is 4. The number of amides is 1. The van der Waals surface area contributed by atoms with Crippen molar-refractivity contribution in [1.82, 2.24) is 4.98 Å². The number of thioether (sulfide) groups is 1. The molecule has 0 aliphatic heterocycles. The number of carbonyl (C=O) groups is 1. The third kappa shape index (κ3) is 4.63. The minimum Gasteiger partial charge on any atom is -0.325 e. The van der Waals surface area contributed by atoms with Crippen LogP contribution in [0.1, 0.15) is 42.7 Å². The van der Waals surface area contributed by atoms with E-state index in [1.807, 2.05) is 32.0 Å². The van der Waals surface area contributed by atoms with Crippen LogP contribution in [0.25, 0.3) is 0 Å². The average molecular weight is 400 g/mol. The number of nitrogens with zero attached hydrogens (tertiary/aromatic N) is 2. The molecule has 1 heterocycles. The molecule has 1 N–H and O–H groups in total. The number of anilines is 1. The second-order valence-electron chi connectivity index (χ2n) is 7.12. The quantitative estimate of drug-likeness (QED) is 0.721. The number of fused-ring (bicyclic) bond motifs is 1. The monoisotopic (exact) mass is 399 g/mol. The summed E-state index contributed by atoms with van der Waals surface area (Å²) in [5.41, 5.74) is 4.40. The number of aromatic nitrogens is 1. The first kappa shape index (κ1) is 19.7. The first-order valence-corrected chi connectivity index (χ1v) is 10.3. The Balaban J connectivity index is 1.75. The van der Waals surface area contributed by atoms with E-state index in [4.69, 9.17) is 16.6 Å². The fourth-order valence-electron chi connectivity index (χ4n) is 3.13. The largest absolute Gasteiger partial charge is 0.325 e. The SMILES string of the molecule is Cc1ccc(NC(=O)C(C)Sc2nc3c(cc2C#N)CC(C)CC3)cc1Cl. The molecule has 4 nitrogen and oxygen atoms in total. The molecule has 3 rings (SSSR count). The summed E-state index contributed by atoms with van der Waals surface area (Å²) >= 11 is 7.45. The molecule has 2 aromatic rings. The van der Waals surface area contributed by atoms with Crippen molar-refractivity contribution in [2.24, 2.45) is 5.92 Å². The Labute approximate surface area is 169 Å². The molecule has 1 aliphatic rings. The fourth-order valence-corrected chi connectivity index (χ4v) is 4.21. The van der Waals surface area contributed by atoms with Gasteiger partial charge in [-0.2, -0.15) is 5.26 Å². The zero-order valence-corrected chi connectivity index (χ0v) is 17.2. The molecule has 1 aromatic carbocycles. The van der Waals surface area contributed by atoms with Crippen LogP contribution in [0, 0.1) is 24.2 Å². The third-order valence-electron chi connectivity index (χ3n) is 4.82. The van der Waals surface area contributed by atoms with Crippen molar-refractivity contribution in [2.45, 2.75) is 50.3 Å². The summed E-state index contributed by atoms with van der Waals surface area (Å²) in [6.07, 6.45) is 3.00. The topological polar surface area (TPSA) is 65.8 Å². The zero-order valence-electron chi connectivity index (χ0n) is 15.7. The minimum atomic E-state index is -0.384. The first-order chi connectivity index (χ1) is 12.9. The number of nitrogens with one attached hydrogen (secondary N) is 1. The van der Waals surface area contributed by atoms with E-state index in [1.165, 1.54) is 17.3 Å². The minimum absolute atomic E-state index is 0.142. The molecular weight excluding hydrogens is 378 g/mol. The van der Waals surface area contributed by atoms with Crippen LogP contribution in [-0.4, -0.2) is 16.1 Å². The van der Waals surface area contributed by atoms with Crippen molar-refractivity contribution < 1.29 is 4.79 Å². The molecule has 2 atom stereocenters. The number of halogens is 1. The van der Waals surface area contributed by atoms with E-state index >= 15 is 0 Å². The smallest absolute Gasteiger partial charge is 0.237 e. The first-order valence-electron chi connectivity index (χ1n) is 9.04. The van der Waals surface area contributed by atoms with Crippen molar-refractivity contribution in [3.05, 3.63) is 51.7 Å². The van der Waals surface area contributed by atoms with E-state index in [2.05, 4.69) is 18.3 Å². The summed E-state index contributed by atoms with van der Waals surface area (Å²) in [6.45, 7) is 5.96. The fraction of sp³-hybridized carbons (Fsp3) is 0.381. The van der Waals surface area contributed by atoms with Crippen LogP contribution >= 0.6 is 23.4 Å². The lowest BCUT2D eigenvalue weighted by Gasteiger charge is -2.22. The molecule has 0 saturated heterocycles. The van der Waals surface area contributed by atoms with E-state index in [-0.39, 0.29) is 11.2 Å². The van der Waals surface area contributed by atoms with Crippen LogP contribution in [-0.2, 0) is 17.6 Å². The predicted molar refractivity (Wildman–Crippen MR) is 110 cm³/mol. The maximum atomic E-state index is 12.6. The number of hydrogen-bond acceptors (Lipinski definition) is 4. The summed E-state index contributed by atoms with van der Waals surface area (Å²) < 4.78 is 0. The van der Waals surface area contributed by atoms with Crippen LogP contribution in [0.3, 0.4) is 0 Å². The van der Waals surface area contributed by atoms with Gasteiger partial charge in [0, 0.05) is 16.4 Å². The van der Waals surface area contributed by atoms with Gasteiger partial charge in [0.1, 0.15) is 11.1 Å². The Morgan fingerprint density at radius 2 is 2.22 bits per heavy atom. The number of aryl methyl sites for hydroxylation is 2. The van der Waals surface area contributed by atoms with Crippen LogP contribution in [0.5, 0.6) is 0 Å². The lowest BCUT2D eigenvalue weighted by molar-refractivity contribution is -0.115. The van der Waals surface area contributed by atoms with Gasteiger partial charge in [-0.3, -0.25) is 4.79 Å². The van der Waals surface area contributed by atoms with Gasteiger partial charge in [-0.05, 0) is 68.4 Å². The van der Waals surface area contributed by atoms with E-state index in [0.29, 0.717) is 27.2 Å². The normalized spacial score (nSPS) is 16.9. The second-order valence-corrected chi connectivity index (χ2v) is 8.86. The van der Waals surface area contributed by atoms with Crippen molar-refractivity contribution in [2.75, 3.05) is 5.32 Å². The number of pyridine rings is 1. The Morgan fingerprint density at radius 1 is 1.44 bits per heavy atom. The van der Waals surface area contributed by atoms with Crippen molar-refractivity contribution >= 4 is 35.0 Å². The van der Waals surface area contributed by atoms with Gasteiger partial charge in [-0.1, -0.05) is 36.4 Å². The maximum Gasteiger partial charge on any atom is 0.237 e. The Kier molecular flexibility index (Phi) is 6.08. The molecule has 1 amide bonds. The molecule has 1 aromatic heterocycles. The standard InChI is InChI=1S/C21H22ClN3OS/c1-12-4-7-19-15(8-12)9-16(11-23)21(25-19)27-14(3)20(26)24-17-6-5-13(2)18(22)10-17/h5-6,9-10,12,14H,4,7-8H2,1-3H3,(H,24,26). The maximum absolute atomic E-state index is 12.6. The molecule has 0 saturated carbocycles. The summed E-state index contributed by atoms with van der Waals surface area (Å²) in [6, 6.07) is 9.63. The van der Waals surface area contributed by atoms with E-state index in [1.54, 1.807) is 6.07 Å². The van der Waals surface area contributed by atoms with Crippen LogP contribution in [0.2, 0.25) is 5.02 Å². The van der Waals surface area contributed by atoms with Crippen molar-refractivity contribution in [3.63, 3.8) is 0 Å². The third-order valence-corrected chi connectivity index (χ3v) is 6.33. The van der Waals surface area contributed by atoms with Gasteiger partial charge in [0.05, 0.1) is 10.8 Å². The molecular formula is C21H22ClN3OS. The molecule has 0 spiro atoms. The predicted octanol–water partition coefficient (Wildman–Crippen LogP) is 5.16. The van der Waals surface area contributed by atoms with E-state index in [0.717, 1.165) is 30.5 Å². The van der Waals surface area contributed by atoms with Gasteiger partial charge < -0.3 is 5.32 Å².